The summed E-state index contributed by atoms with van der Waals surface area (Å²) in [6.07, 6.45) is 0. The van der Waals surface area contributed by atoms with Crippen LogP contribution in [-0.4, -0.2) is 34.2 Å². The van der Waals surface area contributed by atoms with Gasteiger partial charge in [-0.3, -0.25) is 0 Å². The van der Waals surface area contributed by atoms with Crippen molar-refractivity contribution in [2.45, 2.75) is 12.8 Å². The lowest BCUT2D eigenvalue weighted by Crippen LogP contribution is -2.15. The van der Waals surface area contributed by atoms with Gasteiger partial charge in [0, 0.05) is 12.5 Å². The van der Waals surface area contributed by atoms with E-state index in [1.165, 1.54) is 0 Å². The van der Waals surface area contributed by atoms with Crippen molar-refractivity contribution < 1.29 is 0 Å². The van der Waals surface area contributed by atoms with E-state index in [-0.39, 0.29) is 12.4 Å². The molecule has 0 bridgehead atoms. The SMILES string of the molecule is CNCC(C)c1nn[nH]n1.Cl. The van der Waals surface area contributed by atoms with Gasteiger partial charge >= 0.3 is 0 Å². The molecule has 0 saturated carbocycles. The Balaban J connectivity index is 0.000001000. The van der Waals surface area contributed by atoms with E-state index in [0.717, 1.165) is 12.4 Å². The smallest absolute Gasteiger partial charge is 0.178 e. The van der Waals surface area contributed by atoms with E-state index in [2.05, 4.69) is 25.9 Å². The maximum atomic E-state index is 3.85. The summed E-state index contributed by atoms with van der Waals surface area (Å²) in [5.74, 6) is 1.08. The summed E-state index contributed by atoms with van der Waals surface area (Å²) in [7, 11) is 1.90. The van der Waals surface area contributed by atoms with Crippen LogP contribution in [0.25, 0.3) is 0 Å². The van der Waals surface area contributed by atoms with Gasteiger partial charge in [-0.15, -0.1) is 22.6 Å². The van der Waals surface area contributed by atoms with Gasteiger partial charge in [-0.1, -0.05) is 12.1 Å². The lowest BCUT2D eigenvalue weighted by atomic mass is 10.2. The Morgan fingerprint density at radius 3 is 2.82 bits per heavy atom. The van der Waals surface area contributed by atoms with Crippen molar-refractivity contribution in [1.82, 2.24) is 25.9 Å². The zero-order valence-electron chi connectivity index (χ0n) is 6.53. The quantitative estimate of drug-likeness (QED) is 0.679. The summed E-state index contributed by atoms with van der Waals surface area (Å²) in [4.78, 5) is 0. The number of H-pyrrole nitrogens is 1. The Hall–Kier alpha value is -0.680. The summed E-state index contributed by atoms with van der Waals surface area (Å²) in [6.45, 7) is 2.92. The first kappa shape index (κ1) is 10.3. The molecule has 0 saturated heterocycles. The summed E-state index contributed by atoms with van der Waals surface area (Å²) in [5, 5.41) is 16.6. The zero-order chi connectivity index (χ0) is 7.40. The number of hydrogen-bond acceptors (Lipinski definition) is 4. The third-order valence-corrected chi connectivity index (χ3v) is 1.31. The van der Waals surface area contributed by atoms with Crippen molar-refractivity contribution in [3.05, 3.63) is 5.82 Å². The number of rotatable bonds is 3. The molecule has 11 heavy (non-hydrogen) atoms. The molecule has 6 heteroatoms. The van der Waals surface area contributed by atoms with Crippen molar-refractivity contribution in [1.29, 1.82) is 0 Å². The molecule has 0 spiro atoms. The zero-order valence-corrected chi connectivity index (χ0v) is 7.35. The minimum Gasteiger partial charge on any atom is -0.319 e. The molecule has 5 nitrogen and oxygen atoms in total. The number of tetrazole rings is 1. The molecule has 64 valence electrons. The van der Waals surface area contributed by atoms with Gasteiger partial charge in [0.1, 0.15) is 0 Å². The summed E-state index contributed by atoms with van der Waals surface area (Å²) < 4.78 is 0. The second-order valence-electron chi connectivity index (χ2n) is 2.23. The molecule has 2 N–H and O–H groups in total. The Bertz CT molecular complexity index is 175. The average Bonchev–Trinajstić information content (AvgIpc) is 2.38. The average molecular weight is 178 g/mol. The van der Waals surface area contributed by atoms with Gasteiger partial charge < -0.3 is 5.32 Å². The minimum atomic E-state index is 0. The first-order chi connectivity index (χ1) is 4.84. The highest BCUT2D eigenvalue weighted by atomic mass is 35.5. The van der Waals surface area contributed by atoms with E-state index in [1.807, 2.05) is 14.0 Å². The Kier molecular flexibility index (Phi) is 4.72. The largest absolute Gasteiger partial charge is 0.319 e. The van der Waals surface area contributed by atoms with E-state index in [0.29, 0.717) is 5.92 Å². The first-order valence-corrected chi connectivity index (χ1v) is 3.22. The van der Waals surface area contributed by atoms with E-state index < -0.39 is 0 Å². The lowest BCUT2D eigenvalue weighted by Gasteiger charge is -2.02. The number of halogens is 1. The van der Waals surface area contributed by atoms with Crippen molar-refractivity contribution in [3.8, 4) is 0 Å². The van der Waals surface area contributed by atoms with Crippen LogP contribution < -0.4 is 5.32 Å². The van der Waals surface area contributed by atoms with Gasteiger partial charge in [-0.25, -0.2) is 0 Å². The number of nitrogens with zero attached hydrogens (tertiary/aromatic N) is 3. The standard InChI is InChI=1S/C5H11N5.ClH/c1-4(3-6-2)5-7-9-10-8-5;/h4,6H,3H2,1-2H3,(H,7,8,9,10);1H. The van der Waals surface area contributed by atoms with Crippen molar-refractivity contribution >= 4 is 12.4 Å². The van der Waals surface area contributed by atoms with E-state index in [9.17, 15) is 0 Å². The monoisotopic (exact) mass is 177 g/mol. The Morgan fingerprint density at radius 2 is 2.36 bits per heavy atom. The van der Waals surface area contributed by atoms with Crippen LogP contribution >= 0.6 is 12.4 Å². The molecule has 0 radical (unpaired) electrons. The molecule has 1 aromatic heterocycles. The molecule has 0 aliphatic heterocycles. The fourth-order valence-electron chi connectivity index (χ4n) is 0.776. The predicted molar refractivity (Wildman–Crippen MR) is 43.8 cm³/mol. The van der Waals surface area contributed by atoms with Crippen LogP contribution in [0.4, 0.5) is 0 Å². The number of likely N-dealkylation sites (N-methyl/N-ethyl adjacent to an activating group) is 1. The van der Waals surface area contributed by atoms with Gasteiger partial charge in [-0.05, 0) is 7.05 Å². The summed E-state index contributed by atoms with van der Waals surface area (Å²) >= 11 is 0. The van der Waals surface area contributed by atoms with Crippen molar-refractivity contribution in [2.24, 2.45) is 0 Å². The van der Waals surface area contributed by atoms with E-state index in [1.54, 1.807) is 0 Å². The number of aromatic nitrogens is 4. The molecule has 1 heterocycles. The van der Waals surface area contributed by atoms with Crippen molar-refractivity contribution in [3.63, 3.8) is 0 Å². The summed E-state index contributed by atoms with van der Waals surface area (Å²) in [6, 6.07) is 0. The van der Waals surface area contributed by atoms with Gasteiger partial charge in [0.25, 0.3) is 0 Å². The molecule has 0 fully saturated rings. The maximum Gasteiger partial charge on any atom is 0.178 e. The third kappa shape index (κ3) is 2.81. The minimum absolute atomic E-state index is 0. The second-order valence-corrected chi connectivity index (χ2v) is 2.23. The first-order valence-electron chi connectivity index (χ1n) is 3.22. The summed E-state index contributed by atoms with van der Waals surface area (Å²) in [5.41, 5.74) is 0. The topological polar surface area (TPSA) is 66.5 Å². The molecule has 1 rings (SSSR count). The fourth-order valence-corrected chi connectivity index (χ4v) is 0.776. The second kappa shape index (κ2) is 5.03. The van der Waals surface area contributed by atoms with Crippen LogP contribution in [-0.2, 0) is 0 Å². The number of hydrogen-bond donors (Lipinski definition) is 2. The molecular formula is C5H12ClN5. The highest BCUT2D eigenvalue weighted by Gasteiger charge is 2.07. The van der Waals surface area contributed by atoms with E-state index in [4.69, 9.17) is 0 Å². The highest BCUT2D eigenvalue weighted by molar-refractivity contribution is 5.85. The number of nitrogens with one attached hydrogen (secondary N) is 2. The van der Waals surface area contributed by atoms with Gasteiger partial charge in [-0.2, -0.15) is 5.21 Å². The van der Waals surface area contributed by atoms with Gasteiger partial charge in [0.15, 0.2) is 5.82 Å². The molecular weight excluding hydrogens is 166 g/mol. The Labute approximate surface area is 71.4 Å². The molecule has 0 amide bonds. The highest BCUT2D eigenvalue weighted by Crippen LogP contribution is 2.04. The molecule has 1 aromatic rings. The van der Waals surface area contributed by atoms with E-state index >= 15 is 0 Å². The van der Waals surface area contributed by atoms with Crippen LogP contribution in [0.15, 0.2) is 0 Å². The molecule has 1 unspecified atom stereocenters. The third-order valence-electron chi connectivity index (χ3n) is 1.31. The molecule has 1 atom stereocenters. The lowest BCUT2D eigenvalue weighted by molar-refractivity contribution is 0.642. The van der Waals surface area contributed by atoms with Crippen LogP contribution in [0.1, 0.15) is 18.7 Å². The van der Waals surface area contributed by atoms with Gasteiger partial charge in [0.05, 0.1) is 0 Å². The molecule has 0 aliphatic rings. The molecule has 0 aromatic carbocycles. The fraction of sp³-hybridized carbons (Fsp3) is 0.800. The Morgan fingerprint density at radius 1 is 1.64 bits per heavy atom. The van der Waals surface area contributed by atoms with Crippen LogP contribution in [0.3, 0.4) is 0 Å². The van der Waals surface area contributed by atoms with Crippen LogP contribution in [0.5, 0.6) is 0 Å². The van der Waals surface area contributed by atoms with Crippen LogP contribution in [0.2, 0.25) is 0 Å². The maximum absolute atomic E-state index is 3.85. The van der Waals surface area contributed by atoms with Crippen molar-refractivity contribution in [2.75, 3.05) is 13.6 Å². The number of aromatic amines is 1. The molecule has 0 aliphatic carbocycles. The normalized spacial score (nSPS) is 12.2. The van der Waals surface area contributed by atoms with Gasteiger partial charge in [0.2, 0.25) is 0 Å². The van der Waals surface area contributed by atoms with Crippen LogP contribution in [0, 0.1) is 0 Å². The predicted octanol–water partition coefficient (Wildman–Crippen LogP) is -0.0556.